The molecule has 0 aliphatic carbocycles. The number of rotatable bonds is 2. The lowest BCUT2D eigenvalue weighted by molar-refractivity contribution is 1.53. The monoisotopic (exact) mass is 279 g/mol. The van der Waals surface area contributed by atoms with Gasteiger partial charge in [0.2, 0.25) is 0 Å². The highest BCUT2D eigenvalue weighted by Crippen LogP contribution is 2.26. The summed E-state index contributed by atoms with van der Waals surface area (Å²) in [5, 5.41) is 10.0. The maximum atomic E-state index is 8.80. The Labute approximate surface area is 101 Å². The average molecular weight is 280 g/mol. The van der Waals surface area contributed by atoms with Gasteiger partial charge < -0.3 is 0 Å². The molecule has 0 radical (unpaired) electrons. The van der Waals surface area contributed by atoms with Crippen molar-refractivity contribution in [1.82, 2.24) is 0 Å². The van der Waals surface area contributed by atoms with E-state index in [9.17, 15) is 0 Å². The summed E-state index contributed by atoms with van der Waals surface area (Å²) in [4.78, 5) is 0. The Bertz CT molecular complexity index is 407. The van der Waals surface area contributed by atoms with Crippen molar-refractivity contribution in [3.8, 4) is 6.07 Å². The number of hydrogen-bond acceptors (Lipinski definition) is 1. The smallest absolute Gasteiger partial charge is 0.0911 e. The van der Waals surface area contributed by atoms with Crippen molar-refractivity contribution in [2.75, 3.05) is 0 Å². The van der Waals surface area contributed by atoms with E-state index >= 15 is 0 Å². The van der Waals surface area contributed by atoms with E-state index in [1.54, 1.807) is 6.08 Å². The van der Waals surface area contributed by atoms with E-state index in [4.69, 9.17) is 5.26 Å². The van der Waals surface area contributed by atoms with Gasteiger partial charge in [-0.15, -0.1) is 0 Å². The molecule has 0 saturated heterocycles. The maximum Gasteiger partial charge on any atom is 0.0911 e. The van der Waals surface area contributed by atoms with Crippen LogP contribution in [0.4, 0.5) is 0 Å². The standard InChI is InChI=1S/C12H14BrNSi/c1-15(2,3)12(8-9-14)10-4-6-11(13)7-5-10/h4-8H,1-3H3/b12-8-. The first kappa shape index (κ1) is 12.2. The summed E-state index contributed by atoms with van der Waals surface area (Å²) in [6, 6.07) is 10.3. The highest BCUT2D eigenvalue weighted by molar-refractivity contribution is 9.10. The highest BCUT2D eigenvalue weighted by atomic mass is 79.9. The summed E-state index contributed by atoms with van der Waals surface area (Å²) >= 11 is 3.41. The average Bonchev–Trinajstić information content (AvgIpc) is 2.14. The third-order valence-corrected chi connectivity index (χ3v) is 4.75. The fourth-order valence-corrected chi connectivity index (χ4v) is 3.22. The zero-order valence-corrected chi connectivity index (χ0v) is 11.8. The SMILES string of the molecule is C[Si](C)(C)/C(=C\C#N)c1ccc(Br)cc1. The van der Waals surface area contributed by atoms with E-state index in [0.717, 1.165) is 4.47 Å². The zero-order chi connectivity index (χ0) is 11.5. The predicted molar refractivity (Wildman–Crippen MR) is 71.1 cm³/mol. The van der Waals surface area contributed by atoms with E-state index in [-0.39, 0.29) is 0 Å². The normalized spacial score (nSPS) is 12.3. The third-order valence-electron chi connectivity index (χ3n) is 2.17. The first-order chi connectivity index (χ1) is 6.95. The molecule has 0 N–H and O–H groups in total. The number of halogens is 1. The molecular weight excluding hydrogens is 266 g/mol. The molecule has 0 fully saturated rings. The lowest BCUT2D eigenvalue weighted by Gasteiger charge is -2.20. The van der Waals surface area contributed by atoms with E-state index < -0.39 is 8.07 Å². The van der Waals surface area contributed by atoms with Crippen LogP contribution in [0.2, 0.25) is 19.6 Å². The molecule has 1 aromatic carbocycles. The summed E-state index contributed by atoms with van der Waals surface area (Å²) in [6.45, 7) is 6.74. The van der Waals surface area contributed by atoms with Gasteiger partial charge in [0.15, 0.2) is 0 Å². The van der Waals surface area contributed by atoms with Gasteiger partial charge >= 0.3 is 0 Å². The number of benzene rings is 1. The first-order valence-electron chi connectivity index (χ1n) is 4.81. The van der Waals surface area contributed by atoms with Crippen LogP contribution in [-0.4, -0.2) is 8.07 Å². The highest BCUT2D eigenvalue weighted by Gasteiger charge is 2.20. The Balaban J connectivity index is 3.19. The number of nitriles is 1. The van der Waals surface area contributed by atoms with Crippen molar-refractivity contribution in [3.05, 3.63) is 40.4 Å². The number of nitrogens with zero attached hydrogens (tertiary/aromatic N) is 1. The molecule has 0 aliphatic rings. The molecular formula is C12H14BrNSi. The fourth-order valence-electron chi connectivity index (χ4n) is 1.43. The fraction of sp³-hybridized carbons (Fsp3) is 0.250. The Morgan fingerprint density at radius 2 is 1.80 bits per heavy atom. The second-order valence-corrected chi connectivity index (χ2v) is 10.4. The van der Waals surface area contributed by atoms with Gasteiger partial charge in [0.25, 0.3) is 0 Å². The number of allylic oxidation sites excluding steroid dienone is 1. The number of hydrogen-bond donors (Lipinski definition) is 0. The maximum absolute atomic E-state index is 8.80. The molecule has 1 aromatic rings. The van der Waals surface area contributed by atoms with Crippen LogP contribution >= 0.6 is 15.9 Å². The van der Waals surface area contributed by atoms with Crippen molar-refractivity contribution in [2.45, 2.75) is 19.6 Å². The molecule has 0 atom stereocenters. The summed E-state index contributed by atoms with van der Waals surface area (Å²) < 4.78 is 1.07. The van der Waals surface area contributed by atoms with Gasteiger partial charge in [-0.05, 0) is 22.9 Å². The van der Waals surface area contributed by atoms with Crippen molar-refractivity contribution < 1.29 is 0 Å². The van der Waals surface area contributed by atoms with Crippen molar-refractivity contribution in [2.24, 2.45) is 0 Å². The molecule has 0 saturated carbocycles. The second kappa shape index (κ2) is 4.78. The van der Waals surface area contributed by atoms with Crippen LogP contribution in [0.3, 0.4) is 0 Å². The van der Waals surface area contributed by atoms with E-state index in [1.165, 1.54) is 10.8 Å². The molecule has 0 aromatic heterocycles. The van der Waals surface area contributed by atoms with Gasteiger partial charge in [0.05, 0.1) is 14.1 Å². The van der Waals surface area contributed by atoms with Crippen molar-refractivity contribution in [1.29, 1.82) is 5.26 Å². The third kappa shape index (κ3) is 3.33. The van der Waals surface area contributed by atoms with Gasteiger partial charge in [0.1, 0.15) is 0 Å². The Morgan fingerprint density at radius 1 is 1.27 bits per heavy atom. The van der Waals surface area contributed by atoms with Crippen molar-refractivity contribution >= 4 is 29.2 Å². The molecule has 0 spiro atoms. The lowest BCUT2D eigenvalue weighted by Crippen LogP contribution is -2.22. The summed E-state index contributed by atoms with van der Waals surface area (Å²) in [5.74, 6) is 0. The van der Waals surface area contributed by atoms with Gasteiger partial charge in [-0.2, -0.15) is 5.26 Å². The molecule has 15 heavy (non-hydrogen) atoms. The van der Waals surface area contributed by atoms with Gasteiger partial charge in [-0.3, -0.25) is 0 Å². The van der Waals surface area contributed by atoms with E-state index in [1.807, 2.05) is 12.1 Å². The first-order valence-corrected chi connectivity index (χ1v) is 9.10. The predicted octanol–water partition coefficient (Wildman–Crippen LogP) is 4.23. The van der Waals surface area contributed by atoms with Crippen LogP contribution < -0.4 is 0 Å². The van der Waals surface area contributed by atoms with Gasteiger partial charge in [-0.1, -0.05) is 47.7 Å². The Hall–Kier alpha value is -0.853. The van der Waals surface area contributed by atoms with Crippen LogP contribution in [0.1, 0.15) is 5.56 Å². The summed E-state index contributed by atoms with van der Waals surface area (Å²) in [7, 11) is -1.44. The molecule has 0 bridgehead atoms. The van der Waals surface area contributed by atoms with E-state index in [0.29, 0.717) is 0 Å². The molecule has 0 aliphatic heterocycles. The minimum absolute atomic E-state index is 1.07. The molecule has 0 unspecified atom stereocenters. The minimum atomic E-state index is -1.44. The van der Waals surface area contributed by atoms with Crippen LogP contribution in [0.5, 0.6) is 0 Å². The van der Waals surface area contributed by atoms with Crippen molar-refractivity contribution in [3.63, 3.8) is 0 Å². The van der Waals surface area contributed by atoms with Crippen LogP contribution in [0.15, 0.2) is 34.8 Å². The topological polar surface area (TPSA) is 23.8 Å². The zero-order valence-electron chi connectivity index (χ0n) is 9.21. The molecule has 3 heteroatoms. The van der Waals surface area contributed by atoms with Gasteiger partial charge in [-0.25, -0.2) is 0 Å². The molecule has 0 heterocycles. The summed E-state index contributed by atoms with van der Waals surface area (Å²) in [6.07, 6.45) is 1.69. The lowest BCUT2D eigenvalue weighted by atomic mass is 10.2. The largest absolute Gasteiger partial charge is 0.193 e. The molecule has 78 valence electrons. The molecule has 1 nitrogen and oxygen atoms in total. The van der Waals surface area contributed by atoms with Gasteiger partial charge in [0, 0.05) is 10.5 Å². The quantitative estimate of drug-likeness (QED) is 0.587. The Morgan fingerprint density at radius 3 is 2.20 bits per heavy atom. The van der Waals surface area contributed by atoms with Crippen LogP contribution in [0.25, 0.3) is 5.20 Å². The molecule has 0 amide bonds. The second-order valence-electron chi connectivity index (χ2n) is 4.44. The van der Waals surface area contributed by atoms with E-state index in [2.05, 4.69) is 53.8 Å². The van der Waals surface area contributed by atoms with Crippen LogP contribution in [0, 0.1) is 11.3 Å². The molecule has 1 rings (SSSR count). The minimum Gasteiger partial charge on any atom is -0.193 e. The van der Waals surface area contributed by atoms with Crippen LogP contribution in [-0.2, 0) is 0 Å². The summed E-state index contributed by atoms with van der Waals surface area (Å²) in [5.41, 5.74) is 1.17. The Kier molecular flexibility index (Phi) is 3.89.